The molecule has 0 fully saturated rings. The van der Waals surface area contributed by atoms with E-state index in [1.807, 2.05) is 38.1 Å². The summed E-state index contributed by atoms with van der Waals surface area (Å²) in [5.74, 6) is 1.36. The van der Waals surface area contributed by atoms with Crippen molar-refractivity contribution in [3.05, 3.63) is 24.7 Å². The smallest absolute Gasteiger partial charge is 0.201 e. The van der Waals surface area contributed by atoms with Crippen molar-refractivity contribution in [3.8, 4) is 0 Å². The molecule has 0 radical (unpaired) electrons. The number of aromatic nitrogens is 3. The molecular weight excluding hydrogens is 242 g/mol. The number of pyridine rings is 1. The summed E-state index contributed by atoms with van der Waals surface area (Å²) >= 11 is 0. The number of aliphatic imine (C=N–C) groups is 1. The van der Waals surface area contributed by atoms with Gasteiger partial charge in [0.15, 0.2) is 11.2 Å². The molecule has 6 heteroatoms. The van der Waals surface area contributed by atoms with Crippen LogP contribution in [-0.4, -0.2) is 39.8 Å². The Hall–Kier alpha value is -2.50. The number of furan rings is 1. The monoisotopic (exact) mass is 255 g/mol. The van der Waals surface area contributed by atoms with Gasteiger partial charge in [-0.15, -0.1) is 0 Å². The quantitative estimate of drug-likeness (QED) is 0.493. The number of nitrogens with zero attached hydrogens (tertiary/aromatic N) is 5. The fourth-order valence-corrected chi connectivity index (χ4v) is 1.72. The van der Waals surface area contributed by atoms with Crippen LogP contribution in [0.5, 0.6) is 0 Å². The predicted molar refractivity (Wildman–Crippen MR) is 73.6 cm³/mol. The molecule has 0 bridgehead atoms. The minimum atomic E-state index is 0.522. The molecule has 6 nitrogen and oxygen atoms in total. The Morgan fingerprint density at radius 1 is 1.21 bits per heavy atom. The second kappa shape index (κ2) is 4.31. The third-order valence-corrected chi connectivity index (χ3v) is 2.91. The molecule has 3 aromatic heterocycles. The van der Waals surface area contributed by atoms with Gasteiger partial charge in [-0.3, -0.25) is 4.98 Å². The number of rotatable bonds is 1. The molecule has 96 valence electrons. The SMILES string of the molecule is CC(=Nc1ncnc2c1oc1cccnc12)N(C)C. The first-order valence-corrected chi connectivity index (χ1v) is 5.87. The summed E-state index contributed by atoms with van der Waals surface area (Å²) in [7, 11) is 3.86. The van der Waals surface area contributed by atoms with E-state index in [1.54, 1.807) is 6.20 Å². The largest absolute Gasteiger partial charge is 0.449 e. The summed E-state index contributed by atoms with van der Waals surface area (Å²) in [6.45, 7) is 1.91. The van der Waals surface area contributed by atoms with Crippen LogP contribution in [0.25, 0.3) is 22.2 Å². The van der Waals surface area contributed by atoms with Crippen LogP contribution in [0.15, 0.2) is 34.1 Å². The summed E-state index contributed by atoms with van der Waals surface area (Å²) in [6, 6.07) is 3.68. The van der Waals surface area contributed by atoms with Crippen molar-refractivity contribution < 1.29 is 4.42 Å². The Morgan fingerprint density at radius 2 is 2.05 bits per heavy atom. The average molecular weight is 255 g/mol. The Morgan fingerprint density at radius 3 is 2.84 bits per heavy atom. The summed E-state index contributed by atoms with van der Waals surface area (Å²) in [5.41, 5.74) is 2.68. The van der Waals surface area contributed by atoms with Crippen LogP contribution in [0.2, 0.25) is 0 Å². The fourth-order valence-electron chi connectivity index (χ4n) is 1.72. The van der Waals surface area contributed by atoms with E-state index in [2.05, 4.69) is 19.9 Å². The lowest BCUT2D eigenvalue weighted by atomic mass is 10.3. The molecular formula is C13H13N5O. The molecule has 3 rings (SSSR count). The van der Waals surface area contributed by atoms with Gasteiger partial charge in [0.1, 0.15) is 23.2 Å². The standard InChI is InChI=1S/C13H13N5O/c1-8(18(2)3)17-13-12-11(15-7-16-13)10-9(19-12)5-4-6-14-10/h4-7H,1-3H3. The molecule has 19 heavy (non-hydrogen) atoms. The minimum Gasteiger partial charge on any atom is -0.449 e. The summed E-state index contributed by atoms with van der Waals surface area (Å²) in [6.07, 6.45) is 3.20. The first-order chi connectivity index (χ1) is 9.16. The molecule has 0 aliphatic heterocycles. The van der Waals surface area contributed by atoms with Gasteiger partial charge in [0, 0.05) is 20.3 Å². The second-order valence-corrected chi connectivity index (χ2v) is 4.38. The van der Waals surface area contributed by atoms with Crippen molar-refractivity contribution in [1.29, 1.82) is 0 Å². The van der Waals surface area contributed by atoms with Gasteiger partial charge in [0.05, 0.1) is 0 Å². The molecule has 0 unspecified atom stereocenters. The van der Waals surface area contributed by atoms with E-state index in [4.69, 9.17) is 4.42 Å². The molecule has 3 aromatic rings. The van der Waals surface area contributed by atoms with E-state index in [-0.39, 0.29) is 0 Å². The molecule has 0 spiro atoms. The van der Waals surface area contributed by atoms with Crippen molar-refractivity contribution >= 4 is 33.9 Å². The maximum Gasteiger partial charge on any atom is 0.201 e. The topological polar surface area (TPSA) is 67.4 Å². The molecule has 0 aliphatic rings. The maximum atomic E-state index is 5.75. The van der Waals surface area contributed by atoms with Gasteiger partial charge in [-0.25, -0.2) is 15.0 Å². The molecule has 0 N–H and O–H groups in total. The van der Waals surface area contributed by atoms with Gasteiger partial charge in [0.25, 0.3) is 0 Å². The van der Waals surface area contributed by atoms with Crippen LogP contribution < -0.4 is 0 Å². The Bertz CT molecular complexity index is 775. The Kier molecular flexibility index (Phi) is 2.63. The van der Waals surface area contributed by atoms with E-state index < -0.39 is 0 Å². The van der Waals surface area contributed by atoms with Gasteiger partial charge < -0.3 is 9.32 Å². The zero-order valence-electron chi connectivity index (χ0n) is 11.0. The van der Waals surface area contributed by atoms with Gasteiger partial charge >= 0.3 is 0 Å². The average Bonchev–Trinajstić information content (AvgIpc) is 2.78. The lowest BCUT2D eigenvalue weighted by Gasteiger charge is -2.10. The third-order valence-electron chi connectivity index (χ3n) is 2.91. The number of hydrogen-bond acceptors (Lipinski definition) is 5. The van der Waals surface area contributed by atoms with Crippen LogP contribution in [0.3, 0.4) is 0 Å². The fraction of sp³-hybridized carbons (Fsp3) is 0.231. The first kappa shape index (κ1) is 11.6. The van der Waals surface area contributed by atoms with E-state index in [9.17, 15) is 0 Å². The molecule has 0 aliphatic carbocycles. The molecule has 0 saturated carbocycles. The van der Waals surface area contributed by atoms with E-state index in [0.717, 1.165) is 11.4 Å². The van der Waals surface area contributed by atoms with E-state index >= 15 is 0 Å². The first-order valence-electron chi connectivity index (χ1n) is 5.87. The Labute approximate surface area is 109 Å². The van der Waals surface area contributed by atoms with Crippen molar-refractivity contribution in [2.24, 2.45) is 4.99 Å². The molecule has 0 saturated heterocycles. The van der Waals surface area contributed by atoms with Crippen LogP contribution in [-0.2, 0) is 0 Å². The maximum absolute atomic E-state index is 5.75. The highest BCUT2D eigenvalue weighted by molar-refractivity contribution is 6.03. The van der Waals surface area contributed by atoms with Crippen molar-refractivity contribution in [2.45, 2.75) is 6.92 Å². The number of amidine groups is 1. The number of hydrogen-bond donors (Lipinski definition) is 0. The van der Waals surface area contributed by atoms with E-state index in [1.165, 1.54) is 6.33 Å². The number of fused-ring (bicyclic) bond motifs is 3. The van der Waals surface area contributed by atoms with Gasteiger partial charge in [-0.05, 0) is 19.1 Å². The van der Waals surface area contributed by atoms with Crippen LogP contribution in [0.4, 0.5) is 5.82 Å². The zero-order valence-corrected chi connectivity index (χ0v) is 11.0. The molecule has 0 atom stereocenters. The van der Waals surface area contributed by atoms with Crippen LogP contribution in [0, 0.1) is 0 Å². The summed E-state index contributed by atoms with van der Waals surface area (Å²) in [5, 5.41) is 0. The van der Waals surface area contributed by atoms with Crippen molar-refractivity contribution in [3.63, 3.8) is 0 Å². The molecule has 3 heterocycles. The van der Waals surface area contributed by atoms with Gasteiger partial charge in [-0.1, -0.05) is 0 Å². The molecule has 0 aromatic carbocycles. The lowest BCUT2D eigenvalue weighted by molar-refractivity contribution is 0.617. The third kappa shape index (κ3) is 1.91. The van der Waals surface area contributed by atoms with Crippen LogP contribution in [0.1, 0.15) is 6.92 Å². The highest BCUT2D eigenvalue weighted by Gasteiger charge is 2.13. The second-order valence-electron chi connectivity index (χ2n) is 4.38. The summed E-state index contributed by atoms with van der Waals surface area (Å²) in [4.78, 5) is 19.1. The van der Waals surface area contributed by atoms with E-state index in [0.29, 0.717) is 22.5 Å². The van der Waals surface area contributed by atoms with Crippen molar-refractivity contribution in [2.75, 3.05) is 14.1 Å². The van der Waals surface area contributed by atoms with Crippen LogP contribution >= 0.6 is 0 Å². The zero-order chi connectivity index (χ0) is 13.4. The Balaban J connectivity index is 2.29. The highest BCUT2D eigenvalue weighted by Crippen LogP contribution is 2.30. The normalized spacial score (nSPS) is 12.3. The predicted octanol–water partition coefficient (Wildman–Crippen LogP) is 2.38. The summed E-state index contributed by atoms with van der Waals surface area (Å²) < 4.78 is 5.75. The minimum absolute atomic E-state index is 0.522. The van der Waals surface area contributed by atoms with Gasteiger partial charge in [0.2, 0.25) is 5.82 Å². The van der Waals surface area contributed by atoms with Crippen molar-refractivity contribution in [1.82, 2.24) is 19.9 Å². The lowest BCUT2D eigenvalue weighted by Crippen LogP contribution is -2.17. The molecule has 0 amide bonds. The van der Waals surface area contributed by atoms with Gasteiger partial charge in [-0.2, -0.15) is 0 Å². The highest BCUT2D eigenvalue weighted by atomic mass is 16.3.